The van der Waals surface area contributed by atoms with Crippen molar-refractivity contribution < 1.29 is 19.4 Å². The molecular weight excluding hydrogens is 282 g/mol. The summed E-state index contributed by atoms with van der Waals surface area (Å²) in [5.74, 6) is -0.906. The van der Waals surface area contributed by atoms with Gasteiger partial charge in [0.25, 0.3) is 0 Å². The molecule has 0 aromatic heterocycles. The number of aryl methyl sites for hydroxylation is 1. The molecule has 0 saturated carbocycles. The molecule has 1 aromatic carbocycles. The third-order valence-corrected chi connectivity index (χ3v) is 3.90. The molecule has 1 heterocycles. The Kier molecular flexibility index (Phi) is 5.19. The normalized spacial score (nSPS) is 20.4. The van der Waals surface area contributed by atoms with Crippen molar-refractivity contribution in [2.45, 2.75) is 51.2 Å². The van der Waals surface area contributed by atoms with E-state index in [0.29, 0.717) is 19.4 Å². The van der Waals surface area contributed by atoms with Crippen LogP contribution in [-0.4, -0.2) is 35.2 Å². The monoisotopic (exact) mass is 305 g/mol. The van der Waals surface area contributed by atoms with Gasteiger partial charge in [0.15, 0.2) is 0 Å². The van der Waals surface area contributed by atoms with Gasteiger partial charge in [-0.05, 0) is 50.8 Å². The quantitative estimate of drug-likeness (QED) is 0.876. The van der Waals surface area contributed by atoms with E-state index in [-0.39, 0.29) is 23.1 Å². The number of rotatable bonds is 5. The third-order valence-electron chi connectivity index (χ3n) is 3.90. The van der Waals surface area contributed by atoms with E-state index in [4.69, 9.17) is 9.84 Å². The highest BCUT2D eigenvalue weighted by Gasteiger charge is 2.29. The molecule has 1 aliphatic rings. The van der Waals surface area contributed by atoms with E-state index >= 15 is 0 Å². The highest BCUT2D eigenvalue weighted by molar-refractivity contribution is 5.87. The van der Waals surface area contributed by atoms with Crippen molar-refractivity contribution in [2.24, 2.45) is 0 Å². The van der Waals surface area contributed by atoms with Gasteiger partial charge in [0.1, 0.15) is 0 Å². The summed E-state index contributed by atoms with van der Waals surface area (Å²) in [5, 5.41) is 11.9. The molecule has 120 valence electrons. The molecule has 1 fully saturated rings. The SMILES string of the molecule is CC1(C)CC(NC(=O)CCc2ccc(C(=O)O)cc2)CCO1. The van der Waals surface area contributed by atoms with Crippen LogP contribution in [0.3, 0.4) is 0 Å². The molecule has 5 nitrogen and oxygen atoms in total. The van der Waals surface area contributed by atoms with Crippen LogP contribution in [0.15, 0.2) is 24.3 Å². The summed E-state index contributed by atoms with van der Waals surface area (Å²) < 4.78 is 5.64. The minimum absolute atomic E-state index is 0.0324. The number of hydrogen-bond acceptors (Lipinski definition) is 3. The number of carbonyl (C=O) groups excluding carboxylic acids is 1. The lowest BCUT2D eigenvalue weighted by atomic mass is 9.94. The lowest BCUT2D eigenvalue weighted by Gasteiger charge is -2.35. The van der Waals surface area contributed by atoms with Crippen LogP contribution < -0.4 is 5.32 Å². The number of ether oxygens (including phenoxy) is 1. The fourth-order valence-electron chi connectivity index (χ4n) is 2.73. The first-order valence-corrected chi connectivity index (χ1v) is 7.61. The van der Waals surface area contributed by atoms with E-state index in [1.807, 2.05) is 13.8 Å². The van der Waals surface area contributed by atoms with Crippen LogP contribution in [0.1, 0.15) is 49.0 Å². The topological polar surface area (TPSA) is 75.6 Å². The van der Waals surface area contributed by atoms with Crippen molar-refractivity contribution >= 4 is 11.9 Å². The summed E-state index contributed by atoms with van der Waals surface area (Å²) in [5.41, 5.74) is 1.05. The summed E-state index contributed by atoms with van der Waals surface area (Å²) in [7, 11) is 0. The van der Waals surface area contributed by atoms with Gasteiger partial charge >= 0.3 is 5.97 Å². The van der Waals surface area contributed by atoms with E-state index in [1.54, 1.807) is 24.3 Å². The van der Waals surface area contributed by atoms with Gasteiger partial charge in [-0.1, -0.05) is 12.1 Å². The van der Waals surface area contributed by atoms with Crippen molar-refractivity contribution in [3.05, 3.63) is 35.4 Å². The Hall–Kier alpha value is -1.88. The van der Waals surface area contributed by atoms with Gasteiger partial charge in [-0.15, -0.1) is 0 Å². The summed E-state index contributed by atoms with van der Waals surface area (Å²) in [6, 6.07) is 6.82. The Bertz CT molecular complexity index is 536. The number of carboxylic acids is 1. The number of carboxylic acid groups (broad SMARTS) is 1. The Labute approximate surface area is 130 Å². The minimum Gasteiger partial charge on any atom is -0.478 e. The first kappa shape index (κ1) is 16.5. The zero-order valence-electron chi connectivity index (χ0n) is 13.1. The van der Waals surface area contributed by atoms with Crippen molar-refractivity contribution in [1.29, 1.82) is 0 Å². The average Bonchev–Trinajstić information content (AvgIpc) is 2.44. The highest BCUT2D eigenvalue weighted by Crippen LogP contribution is 2.23. The van der Waals surface area contributed by atoms with E-state index in [0.717, 1.165) is 18.4 Å². The molecule has 0 spiro atoms. The number of carbonyl (C=O) groups is 2. The Morgan fingerprint density at radius 2 is 2.00 bits per heavy atom. The molecule has 0 bridgehead atoms. The molecule has 1 atom stereocenters. The first-order valence-electron chi connectivity index (χ1n) is 7.61. The van der Waals surface area contributed by atoms with Crippen LogP contribution >= 0.6 is 0 Å². The van der Waals surface area contributed by atoms with Crippen LogP contribution in [0.4, 0.5) is 0 Å². The van der Waals surface area contributed by atoms with Crippen LogP contribution in [0.25, 0.3) is 0 Å². The second-order valence-corrected chi connectivity index (χ2v) is 6.37. The van der Waals surface area contributed by atoms with Gasteiger partial charge < -0.3 is 15.2 Å². The maximum atomic E-state index is 12.0. The van der Waals surface area contributed by atoms with Gasteiger partial charge in [-0.2, -0.15) is 0 Å². The fourth-order valence-corrected chi connectivity index (χ4v) is 2.73. The maximum Gasteiger partial charge on any atom is 0.335 e. The molecule has 22 heavy (non-hydrogen) atoms. The maximum absolute atomic E-state index is 12.0. The first-order chi connectivity index (χ1) is 10.4. The van der Waals surface area contributed by atoms with Crippen molar-refractivity contribution in [3.8, 4) is 0 Å². The van der Waals surface area contributed by atoms with Gasteiger partial charge in [0.05, 0.1) is 11.2 Å². The summed E-state index contributed by atoms with van der Waals surface area (Å²) in [6.07, 6.45) is 2.69. The van der Waals surface area contributed by atoms with Gasteiger partial charge in [0, 0.05) is 19.1 Å². The van der Waals surface area contributed by atoms with Crippen molar-refractivity contribution in [1.82, 2.24) is 5.32 Å². The zero-order chi connectivity index (χ0) is 16.2. The van der Waals surface area contributed by atoms with Crippen LogP contribution in [-0.2, 0) is 16.0 Å². The Morgan fingerprint density at radius 1 is 1.32 bits per heavy atom. The number of benzene rings is 1. The molecule has 1 amide bonds. The predicted octanol–water partition coefficient (Wildman–Crippen LogP) is 2.39. The zero-order valence-corrected chi connectivity index (χ0v) is 13.1. The second kappa shape index (κ2) is 6.92. The van der Waals surface area contributed by atoms with E-state index < -0.39 is 5.97 Å². The fraction of sp³-hybridized carbons (Fsp3) is 0.529. The lowest BCUT2D eigenvalue weighted by molar-refractivity contribution is -0.124. The predicted molar refractivity (Wildman–Crippen MR) is 82.9 cm³/mol. The van der Waals surface area contributed by atoms with Crippen molar-refractivity contribution in [3.63, 3.8) is 0 Å². The number of hydrogen-bond donors (Lipinski definition) is 2. The molecule has 5 heteroatoms. The summed E-state index contributed by atoms with van der Waals surface area (Å²) in [4.78, 5) is 22.8. The number of amides is 1. The van der Waals surface area contributed by atoms with Crippen LogP contribution in [0.5, 0.6) is 0 Å². The standard InChI is InChI=1S/C17H23NO4/c1-17(2)11-14(9-10-22-17)18-15(19)8-5-12-3-6-13(7-4-12)16(20)21/h3-4,6-7,14H,5,8-11H2,1-2H3,(H,18,19)(H,20,21). The van der Waals surface area contributed by atoms with Gasteiger partial charge in [-0.25, -0.2) is 4.79 Å². The number of aromatic carboxylic acids is 1. The van der Waals surface area contributed by atoms with Gasteiger partial charge in [0.2, 0.25) is 5.91 Å². The molecule has 1 saturated heterocycles. The van der Waals surface area contributed by atoms with Crippen LogP contribution in [0.2, 0.25) is 0 Å². The smallest absolute Gasteiger partial charge is 0.335 e. The molecule has 2 N–H and O–H groups in total. The number of nitrogens with one attached hydrogen (secondary N) is 1. The molecule has 2 rings (SSSR count). The Balaban J connectivity index is 1.79. The summed E-state index contributed by atoms with van der Waals surface area (Å²) in [6.45, 7) is 4.75. The van der Waals surface area contributed by atoms with Gasteiger partial charge in [-0.3, -0.25) is 4.79 Å². The lowest BCUT2D eigenvalue weighted by Crippen LogP contribution is -2.45. The van der Waals surface area contributed by atoms with Crippen molar-refractivity contribution in [2.75, 3.05) is 6.61 Å². The average molecular weight is 305 g/mol. The molecule has 0 aliphatic carbocycles. The Morgan fingerprint density at radius 3 is 2.59 bits per heavy atom. The van der Waals surface area contributed by atoms with Crippen LogP contribution in [0, 0.1) is 0 Å². The third kappa shape index (κ3) is 4.84. The minimum atomic E-state index is -0.938. The molecule has 1 aromatic rings. The largest absolute Gasteiger partial charge is 0.478 e. The summed E-state index contributed by atoms with van der Waals surface area (Å²) >= 11 is 0. The second-order valence-electron chi connectivity index (χ2n) is 6.37. The molecule has 1 aliphatic heterocycles. The van der Waals surface area contributed by atoms with E-state index in [1.165, 1.54) is 0 Å². The molecule has 1 unspecified atom stereocenters. The van der Waals surface area contributed by atoms with E-state index in [9.17, 15) is 9.59 Å². The molecule has 0 radical (unpaired) electrons. The molecular formula is C17H23NO4. The van der Waals surface area contributed by atoms with E-state index in [2.05, 4.69) is 5.32 Å². The highest BCUT2D eigenvalue weighted by atomic mass is 16.5.